The van der Waals surface area contributed by atoms with Crippen LogP contribution < -0.4 is 19.6 Å². The monoisotopic (exact) mass is 676 g/mol. The molecule has 1 aromatic heterocycles. The molecule has 0 aliphatic carbocycles. The molecular formula is C33H28N2O14. The topological polar surface area (TPSA) is 194 Å². The number of carbonyl (C=O) groups excluding carboxylic acids is 6. The van der Waals surface area contributed by atoms with Gasteiger partial charge in [-0.3, -0.25) is 29.0 Å². The van der Waals surface area contributed by atoms with E-state index in [2.05, 4.69) is 4.74 Å². The van der Waals surface area contributed by atoms with E-state index in [0.29, 0.717) is 0 Å². The van der Waals surface area contributed by atoms with E-state index >= 15 is 0 Å². The molecule has 2 aliphatic rings. The highest BCUT2D eigenvalue weighted by molar-refractivity contribution is 6.33. The first-order valence-electron chi connectivity index (χ1n) is 14.4. The fourth-order valence-corrected chi connectivity index (χ4v) is 5.00. The van der Waals surface area contributed by atoms with Crippen LogP contribution in [0.1, 0.15) is 23.0 Å². The summed E-state index contributed by atoms with van der Waals surface area (Å²) in [4.78, 5) is 89.8. The van der Waals surface area contributed by atoms with E-state index in [4.69, 9.17) is 28.1 Å². The van der Waals surface area contributed by atoms with E-state index in [1.807, 2.05) is 0 Å². The average molecular weight is 677 g/mol. The summed E-state index contributed by atoms with van der Waals surface area (Å²) >= 11 is 0. The second kappa shape index (κ2) is 13.7. The Morgan fingerprint density at radius 1 is 0.837 bits per heavy atom. The maximum absolute atomic E-state index is 13.3. The van der Waals surface area contributed by atoms with Crippen molar-refractivity contribution in [2.75, 3.05) is 41.5 Å². The van der Waals surface area contributed by atoms with Gasteiger partial charge in [0.05, 0.1) is 19.8 Å². The number of amides is 4. The first-order chi connectivity index (χ1) is 23.4. The van der Waals surface area contributed by atoms with Crippen molar-refractivity contribution >= 4 is 52.3 Å². The summed E-state index contributed by atoms with van der Waals surface area (Å²) in [7, 11) is 4.66. The Morgan fingerprint density at radius 3 is 2.08 bits per heavy atom. The first kappa shape index (κ1) is 33.9. The largest absolute Gasteiger partial charge is 0.489 e. The molecule has 5 rings (SSSR count). The number of allylic oxidation sites excluding steroid dienone is 2. The fraction of sp³-hybridized carbons (Fsp3) is 0.242. The Morgan fingerprint density at radius 2 is 1.45 bits per heavy atom. The third-order valence-corrected chi connectivity index (χ3v) is 7.30. The van der Waals surface area contributed by atoms with Gasteiger partial charge >= 0.3 is 23.9 Å². The smallest absolute Gasteiger partial charge is 0.374 e. The van der Waals surface area contributed by atoms with Crippen LogP contribution in [0.4, 0.5) is 4.79 Å². The Labute approximate surface area is 276 Å². The number of likely N-dealkylation sites (N-methyl/N-ethyl adjacent to an activating group) is 2. The van der Waals surface area contributed by atoms with Crippen LogP contribution in [0.25, 0.3) is 16.5 Å². The number of ether oxygens (including phenoxy) is 6. The van der Waals surface area contributed by atoms with Crippen LogP contribution in [-0.2, 0) is 33.4 Å². The Balaban J connectivity index is 1.48. The second-order valence-corrected chi connectivity index (χ2v) is 10.5. The minimum atomic E-state index is -1.08. The molecule has 16 nitrogen and oxygen atoms in total. The fourth-order valence-electron chi connectivity index (χ4n) is 5.00. The molecule has 254 valence electrons. The summed E-state index contributed by atoms with van der Waals surface area (Å²) in [5, 5.41) is 0.0200. The highest BCUT2D eigenvalue weighted by Gasteiger charge is 2.42. The molecule has 0 radical (unpaired) electrons. The van der Waals surface area contributed by atoms with Crippen molar-refractivity contribution in [3.05, 3.63) is 81.4 Å². The highest BCUT2D eigenvalue weighted by atomic mass is 16.6. The van der Waals surface area contributed by atoms with Crippen LogP contribution >= 0.6 is 0 Å². The molecule has 0 bridgehead atoms. The van der Waals surface area contributed by atoms with Crippen LogP contribution in [0.2, 0.25) is 0 Å². The zero-order valence-electron chi connectivity index (χ0n) is 26.7. The van der Waals surface area contributed by atoms with Gasteiger partial charge in [-0.25, -0.2) is 14.4 Å². The molecule has 16 heteroatoms. The Kier molecular flexibility index (Phi) is 9.50. The molecule has 1 saturated heterocycles. The molecule has 3 heterocycles. The summed E-state index contributed by atoms with van der Waals surface area (Å²) in [6.45, 7) is 0.498. The molecule has 4 amide bonds. The number of hydrogen-bond acceptors (Lipinski definition) is 14. The third-order valence-electron chi connectivity index (χ3n) is 7.30. The molecule has 2 aliphatic heterocycles. The van der Waals surface area contributed by atoms with E-state index in [9.17, 15) is 33.6 Å². The highest BCUT2D eigenvalue weighted by Crippen LogP contribution is 2.43. The number of urea groups is 1. The van der Waals surface area contributed by atoms with Crippen molar-refractivity contribution in [1.82, 2.24) is 9.80 Å². The van der Waals surface area contributed by atoms with Gasteiger partial charge in [-0.05, 0) is 30.3 Å². The molecule has 1 fully saturated rings. The van der Waals surface area contributed by atoms with E-state index in [1.165, 1.54) is 57.4 Å². The van der Waals surface area contributed by atoms with Gasteiger partial charge in [-0.15, -0.1) is 0 Å². The van der Waals surface area contributed by atoms with Crippen molar-refractivity contribution in [1.29, 1.82) is 0 Å². The summed E-state index contributed by atoms with van der Waals surface area (Å²) in [5.74, 6) is -4.82. The number of carbonyl (C=O) groups is 6. The van der Waals surface area contributed by atoms with Gasteiger partial charge in [-0.1, -0.05) is 12.1 Å². The quantitative estimate of drug-likeness (QED) is 0.139. The number of rotatable bonds is 9. The van der Waals surface area contributed by atoms with Crippen molar-refractivity contribution in [2.24, 2.45) is 0 Å². The van der Waals surface area contributed by atoms with Gasteiger partial charge in [0.2, 0.25) is 11.5 Å². The molecule has 1 unspecified atom stereocenters. The predicted molar refractivity (Wildman–Crippen MR) is 165 cm³/mol. The van der Waals surface area contributed by atoms with Crippen LogP contribution in [0.3, 0.4) is 0 Å². The van der Waals surface area contributed by atoms with Gasteiger partial charge in [0.1, 0.15) is 47.0 Å². The van der Waals surface area contributed by atoms with Gasteiger partial charge in [-0.2, -0.15) is 0 Å². The number of fused-ring (bicyclic) bond motifs is 2. The zero-order valence-corrected chi connectivity index (χ0v) is 26.7. The molecule has 0 N–H and O–H groups in total. The Bertz CT molecular complexity index is 2020. The number of imide groups is 2. The summed E-state index contributed by atoms with van der Waals surface area (Å²) in [6, 6.07) is 9.03. The molecule has 1 atom stereocenters. The first-order valence-corrected chi connectivity index (χ1v) is 14.4. The number of benzene rings is 2. The van der Waals surface area contributed by atoms with Gasteiger partial charge < -0.3 is 32.8 Å². The molecule has 49 heavy (non-hydrogen) atoms. The third kappa shape index (κ3) is 6.56. The van der Waals surface area contributed by atoms with Crippen LogP contribution in [0.15, 0.2) is 69.1 Å². The lowest BCUT2D eigenvalue weighted by Gasteiger charge is -2.31. The van der Waals surface area contributed by atoms with E-state index < -0.39 is 52.9 Å². The second-order valence-electron chi connectivity index (χ2n) is 10.5. The molecular weight excluding hydrogens is 648 g/mol. The zero-order chi connectivity index (χ0) is 35.6. The van der Waals surface area contributed by atoms with Gasteiger partial charge in [0, 0.05) is 32.7 Å². The summed E-state index contributed by atoms with van der Waals surface area (Å²) in [5.41, 5.74) is -0.993. The van der Waals surface area contributed by atoms with E-state index in [-0.39, 0.29) is 64.1 Å². The maximum atomic E-state index is 13.3. The minimum absolute atomic E-state index is 0.0137. The van der Waals surface area contributed by atoms with Crippen molar-refractivity contribution in [2.45, 2.75) is 13.0 Å². The average Bonchev–Trinajstić information content (AvgIpc) is 3.09. The van der Waals surface area contributed by atoms with Crippen molar-refractivity contribution in [3.63, 3.8) is 0 Å². The summed E-state index contributed by atoms with van der Waals surface area (Å²) < 4.78 is 37.9. The summed E-state index contributed by atoms with van der Waals surface area (Å²) in [6.07, 6.45) is 0.0492. The van der Waals surface area contributed by atoms with Crippen LogP contribution in [0.5, 0.6) is 17.2 Å². The minimum Gasteiger partial charge on any atom is -0.489 e. The lowest BCUT2D eigenvalue weighted by atomic mass is 9.93. The lowest BCUT2D eigenvalue weighted by Crippen LogP contribution is -2.53. The van der Waals surface area contributed by atoms with Gasteiger partial charge in [0.25, 0.3) is 11.8 Å². The number of methoxy groups -OCH3 is 2. The standard InChI is InChI=1S/C33H28N2O14/c1-16(36)47-17(15-46-21-9-7-11-23-28(21)19(37)13-25(49-23)32(41)44-5)14-45-20-8-6-10-22-26(20)18(12-24(48-22)31(40)43-4)27-29(38)34(2)33(42)35(3)30(27)39/h6-13,17H,14-15H2,1-5H3. The van der Waals surface area contributed by atoms with Gasteiger partial charge in [0.15, 0.2) is 11.5 Å². The molecule has 2 aromatic carbocycles. The number of nitrogens with zero attached hydrogens (tertiary/aromatic N) is 2. The SMILES string of the molecule is COC(=O)C1=CC(=C2C(=O)N(C)C(=O)N(C)C2=O)c2c(OCC(COc3cccc4oc(C(=O)OC)cc(=O)c34)OC(C)=O)cccc2O1. The molecule has 0 saturated carbocycles. The maximum Gasteiger partial charge on any atom is 0.374 e. The van der Waals surface area contributed by atoms with E-state index in [1.54, 1.807) is 0 Å². The van der Waals surface area contributed by atoms with E-state index in [0.717, 1.165) is 36.2 Å². The van der Waals surface area contributed by atoms with Crippen molar-refractivity contribution in [3.8, 4) is 17.2 Å². The number of hydrogen-bond donors (Lipinski definition) is 0. The lowest BCUT2D eigenvalue weighted by molar-refractivity contribution is -0.149. The van der Waals surface area contributed by atoms with Crippen LogP contribution in [-0.4, -0.2) is 93.2 Å². The molecule has 3 aromatic rings. The normalized spacial score (nSPS) is 14.9. The Hall–Kier alpha value is -6.45. The number of esters is 3. The van der Waals surface area contributed by atoms with Crippen molar-refractivity contribution < 1.29 is 61.6 Å². The predicted octanol–water partition coefficient (Wildman–Crippen LogP) is 2.22. The van der Waals surface area contributed by atoms with Crippen LogP contribution in [0, 0.1) is 0 Å². The number of barbiturate groups is 1. The molecule has 0 spiro atoms.